The quantitative estimate of drug-likeness (QED) is 0.687. The summed E-state index contributed by atoms with van der Waals surface area (Å²) in [6, 6.07) is 14.0. The van der Waals surface area contributed by atoms with E-state index in [1.807, 2.05) is 66.4 Å². The maximum absolute atomic E-state index is 5.30. The van der Waals surface area contributed by atoms with Crippen molar-refractivity contribution in [3.05, 3.63) is 71.0 Å². The second-order valence-corrected chi connectivity index (χ2v) is 5.81. The molecule has 0 radical (unpaired) electrons. The molecule has 0 N–H and O–H groups in total. The third-order valence-electron chi connectivity index (χ3n) is 3.82. The highest BCUT2D eigenvalue weighted by atomic mass is 16.5. The van der Waals surface area contributed by atoms with Gasteiger partial charge >= 0.3 is 0 Å². The number of benzene rings is 2. The molecule has 0 bridgehead atoms. The molecule has 0 aliphatic heterocycles. The fourth-order valence-corrected chi connectivity index (χ4v) is 2.56. The fourth-order valence-electron chi connectivity index (χ4n) is 2.56. The van der Waals surface area contributed by atoms with Crippen molar-refractivity contribution in [3.8, 4) is 11.5 Å². The molecule has 5 nitrogen and oxygen atoms in total. The van der Waals surface area contributed by atoms with E-state index >= 15 is 0 Å². The van der Waals surface area contributed by atoms with E-state index in [1.165, 1.54) is 0 Å². The Morgan fingerprint density at radius 2 is 1.72 bits per heavy atom. The predicted molar refractivity (Wildman–Crippen MR) is 98.8 cm³/mol. The Kier molecular flexibility index (Phi) is 5.14. The molecule has 0 fully saturated rings. The van der Waals surface area contributed by atoms with Gasteiger partial charge in [0.15, 0.2) is 0 Å². The highest BCUT2D eigenvalue weighted by molar-refractivity contribution is 5.68. The van der Waals surface area contributed by atoms with Crippen molar-refractivity contribution in [2.75, 3.05) is 14.2 Å². The molecular formula is C20H21N3O2. The lowest BCUT2D eigenvalue weighted by Gasteiger charge is -2.03. The molecule has 1 heterocycles. The van der Waals surface area contributed by atoms with Crippen LogP contribution in [0.25, 0.3) is 12.2 Å². The summed E-state index contributed by atoms with van der Waals surface area (Å²) in [4.78, 5) is 0. The molecule has 128 valence electrons. The number of aryl methyl sites for hydroxylation is 1. The van der Waals surface area contributed by atoms with Crippen molar-refractivity contribution in [2.45, 2.75) is 13.5 Å². The Labute approximate surface area is 147 Å². The SMILES string of the molecule is COc1ccc(Cn2cc(C=Cc3cc(C)cc(OC)c3)nn2)cc1. The topological polar surface area (TPSA) is 49.2 Å². The molecule has 0 saturated heterocycles. The van der Waals surface area contributed by atoms with Crippen LogP contribution in [-0.4, -0.2) is 29.2 Å². The van der Waals surface area contributed by atoms with E-state index < -0.39 is 0 Å². The summed E-state index contributed by atoms with van der Waals surface area (Å²) in [5.74, 6) is 1.70. The summed E-state index contributed by atoms with van der Waals surface area (Å²) in [6.07, 6.45) is 5.89. The molecule has 0 aliphatic carbocycles. The van der Waals surface area contributed by atoms with E-state index in [0.29, 0.717) is 6.54 Å². The lowest BCUT2D eigenvalue weighted by Crippen LogP contribution is -2.00. The van der Waals surface area contributed by atoms with E-state index in [9.17, 15) is 0 Å². The van der Waals surface area contributed by atoms with E-state index in [2.05, 4.69) is 16.4 Å². The van der Waals surface area contributed by atoms with Gasteiger partial charge in [0.1, 0.15) is 17.2 Å². The van der Waals surface area contributed by atoms with Gasteiger partial charge in [-0.2, -0.15) is 0 Å². The maximum atomic E-state index is 5.30. The van der Waals surface area contributed by atoms with Crippen LogP contribution in [0.5, 0.6) is 11.5 Å². The molecule has 0 spiro atoms. The minimum atomic E-state index is 0.670. The Morgan fingerprint density at radius 1 is 0.960 bits per heavy atom. The summed E-state index contributed by atoms with van der Waals surface area (Å²) in [5, 5.41) is 8.37. The molecule has 0 atom stereocenters. The number of methoxy groups -OCH3 is 2. The number of aromatic nitrogens is 3. The summed E-state index contributed by atoms with van der Waals surface area (Å²) in [7, 11) is 3.34. The molecule has 2 aromatic carbocycles. The first-order valence-electron chi connectivity index (χ1n) is 8.03. The fraction of sp³-hybridized carbons (Fsp3) is 0.200. The first kappa shape index (κ1) is 16.8. The van der Waals surface area contributed by atoms with Gasteiger partial charge in [-0.1, -0.05) is 29.5 Å². The van der Waals surface area contributed by atoms with Gasteiger partial charge in [-0.15, -0.1) is 5.10 Å². The van der Waals surface area contributed by atoms with Gasteiger partial charge in [-0.05, 0) is 54.0 Å². The number of rotatable bonds is 6. The van der Waals surface area contributed by atoms with Gasteiger partial charge in [-0.3, -0.25) is 0 Å². The van der Waals surface area contributed by atoms with E-state index in [1.54, 1.807) is 14.2 Å². The van der Waals surface area contributed by atoms with Crippen LogP contribution < -0.4 is 9.47 Å². The molecule has 1 aromatic heterocycles. The van der Waals surface area contributed by atoms with Gasteiger partial charge in [0.2, 0.25) is 0 Å². The molecule has 0 unspecified atom stereocenters. The maximum Gasteiger partial charge on any atom is 0.119 e. The number of nitrogens with zero attached hydrogens (tertiary/aromatic N) is 3. The third-order valence-corrected chi connectivity index (χ3v) is 3.82. The zero-order chi connectivity index (χ0) is 17.6. The molecule has 25 heavy (non-hydrogen) atoms. The molecule has 5 heteroatoms. The number of ether oxygens (including phenoxy) is 2. The molecule has 0 saturated carbocycles. The molecule has 0 amide bonds. The summed E-state index contributed by atoms with van der Waals surface area (Å²) >= 11 is 0. The van der Waals surface area contributed by atoms with E-state index in [-0.39, 0.29) is 0 Å². The van der Waals surface area contributed by atoms with Crippen LogP contribution in [0, 0.1) is 6.92 Å². The second-order valence-electron chi connectivity index (χ2n) is 5.81. The van der Waals surface area contributed by atoms with Gasteiger partial charge in [-0.25, -0.2) is 4.68 Å². The zero-order valence-corrected chi connectivity index (χ0v) is 14.6. The smallest absolute Gasteiger partial charge is 0.119 e. The Balaban J connectivity index is 1.69. The van der Waals surface area contributed by atoms with Crippen LogP contribution in [0.2, 0.25) is 0 Å². The zero-order valence-electron chi connectivity index (χ0n) is 14.6. The average Bonchev–Trinajstić information content (AvgIpc) is 3.07. The lowest BCUT2D eigenvalue weighted by atomic mass is 10.1. The summed E-state index contributed by atoms with van der Waals surface area (Å²) < 4.78 is 12.3. The Morgan fingerprint density at radius 3 is 2.44 bits per heavy atom. The van der Waals surface area contributed by atoms with Gasteiger partial charge in [0.25, 0.3) is 0 Å². The predicted octanol–water partition coefficient (Wildman–Crippen LogP) is 3.82. The first-order chi connectivity index (χ1) is 12.2. The normalized spacial score (nSPS) is 11.0. The van der Waals surface area contributed by atoms with Gasteiger partial charge < -0.3 is 9.47 Å². The molecular weight excluding hydrogens is 314 g/mol. The van der Waals surface area contributed by atoms with Crippen molar-refractivity contribution >= 4 is 12.2 Å². The Hall–Kier alpha value is -3.08. The van der Waals surface area contributed by atoms with Crippen LogP contribution >= 0.6 is 0 Å². The largest absolute Gasteiger partial charge is 0.497 e. The van der Waals surface area contributed by atoms with Crippen molar-refractivity contribution < 1.29 is 9.47 Å². The monoisotopic (exact) mass is 335 g/mol. The standard InChI is InChI=1S/C20H21N3O2/c1-15-10-17(12-20(11-15)25-3)4-7-18-14-23(22-21-18)13-16-5-8-19(24-2)9-6-16/h4-12,14H,13H2,1-3H3. The summed E-state index contributed by atoms with van der Waals surface area (Å²) in [5.41, 5.74) is 4.18. The van der Waals surface area contributed by atoms with Crippen LogP contribution in [0.1, 0.15) is 22.4 Å². The van der Waals surface area contributed by atoms with Crippen LogP contribution in [0.4, 0.5) is 0 Å². The highest BCUT2D eigenvalue weighted by Gasteiger charge is 2.01. The lowest BCUT2D eigenvalue weighted by molar-refractivity contribution is 0.414. The van der Waals surface area contributed by atoms with Crippen LogP contribution in [0.15, 0.2) is 48.7 Å². The van der Waals surface area contributed by atoms with Crippen molar-refractivity contribution in [1.29, 1.82) is 0 Å². The van der Waals surface area contributed by atoms with Gasteiger partial charge in [0, 0.05) is 0 Å². The highest BCUT2D eigenvalue weighted by Crippen LogP contribution is 2.18. The average molecular weight is 335 g/mol. The minimum absolute atomic E-state index is 0.670. The Bertz CT molecular complexity index is 867. The van der Waals surface area contributed by atoms with Crippen LogP contribution in [-0.2, 0) is 6.54 Å². The molecule has 3 aromatic rings. The minimum Gasteiger partial charge on any atom is -0.497 e. The van der Waals surface area contributed by atoms with Crippen molar-refractivity contribution in [1.82, 2.24) is 15.0 Å². The number of hydrogen-bond acceptors (Lipinski definition) is 4. The number of hydrogen-bond donors (Lipinski definition) is 0. The second kappa shape index (κ2) is 7.66. The van der Waals surface area contributed by atoms with Gasteiger partial charge in [0.05, 0.1) is 27.0 Å². The van der Waals surface area contributed by atoms with Crippen molar-refractivity contribution in [3.63, 3.8) is 0 Å². The third kappa shape index (κ3) is 4.47. The van der Waals surface area contributed by atoms with E-state index in [0.717, 1.165) is 33.9 Å². The molecule has 0 aliphatic rings. The van der Waals surface area contributed by atoms with Crippen LogP contribution in [0.3, 0.4) is 0 Å². The van der Waals surface area contributed by atoms with Crippen molar-refractivity contribution in [2.24, 2.45) is 0 Å². The first-order valence-corrected chi connectivity index (χ1v) is 8.03. The summed E-state index contributed by atoms with van der Waals surface area (Å²) in [6.45, 7) is 2.72. The van der Waals surface area contributed by atoms with E-state index in [4.69, 9.17) is 9.47 Å². The molecule has 3 rings (SSSR count).